The molecule has 0 aliphatic heterocycles. The second-order valence-corrected chi connectivity index (χ2v) is 7.72. The molecular weight excluding hydrogens is 332 g/mol. The van der Waals surface area contributed by atoms with E-state index in [1.165, 1.54) is 35.7 Å². The van der Waals surface area contributed by atoms with E-state index in [4.69, 9.17) is 0 Å². The number of amides is 1. The van der Waals surface area contributed by atoms with Gasteiger partial charge in [0.25, 0.3) is 0 Å². The summed E-state index contributed by atoms with van der Waals surface area (Å²) in [7, 11) is 0. The summed E-state index contributed by atoms with van der Waals surface area (Å²) in [4.78, 5) is 12.3. The van der Waals surface area contributed by atoms with Crippen molar-refractivity contribution in [2.45, 2.75) is 64.2 Å². The number of aryl methyl sites for hydroxylation is 2. The van der Waals surface area contributed by atoms with E-state index in [0.717, 1.165) is 23.1 Å². The number of hydrogen-bond acceptors (Lipinski definition) is 4. The molecule has 1 fully saturated rings. The van der Waals surface area contributed by atoms with E-state index in [2.05, 4.69) is 59.1 Å². The van der Waals surface area contributed by atoms with Crippen molar-refractivity contribution in [2.75, 3.05) is 5.75 Å². The summed E-state index contributed by atoms with van der Waals surface area (Å²) in [6.45, 7) is 9.16. The topological polar surface area (TPSA) is 59.8 Å². The van der Waals surface area contributed by atoms with Crippen LogP contribution in [0.3, 0.4) is 0 Å². The van der Waals surface area contributed by atoms with Crippen molar-refractivity contribution >= 4 is 17.7 Å². The van der Waals surface area contributed by atoms with Crippen LogP contribution in [-0.4, -0.2) is 26.4 Å². The molecule has 0 radical (unpaired) electrons. The molecule has 5 nitrogen and oxygen atoms in total. The molecule has 1 N–H and O–H groups in total. The zero-order chi connectivity index (χ0) is 18.0. The lowest BCUT2D eigenvalue weighted by molar-refractivity contribution is -0.119. The molecule has 1 atom stereocenters. The average molecular weight is 359 g/mol. The van der Waals surface area contributed by atoms with Gasteiger partial charge < -0.3 is 9.88 Å². The molecule has 0 bridgehead atoms. The van der Waals surface area contributed by atoms with Crippen molar-refractivity contribution in [3.05, 3.63) is 40.7 Å². The molecule has 0 saturated heterocycles. The van der Waals surface area contributed by atoms with Crippen LogP contribution in [0, 0.1) is 13.8 Å². The molecular formula is C19H26N4OS. The Balaban J connectivity index is 1.56. The highest BCUT2D eigenvalue weighted by atomic mass is 32.2. The fraction of sp³-hybridized carbons (Fsp3) is 0.526. The molecule has 1 aliphatic rings. The van der Waals surface area contributed by atoms with Crippen LogP contribution in [0.5, 0.6) is 0 Å². The molecule has 1 aromatic heterocycles. The van der Waals surface area contributed by atoms with E-state index in [9.17, 15) is 4.79 Å². The Hall–Kier alpha value is -1.82. The molecule has 134 valence electrons. The van der Waals surface area contributed by atoms with E-state index >= 15 is 0 Å². The summed E-state index contributed by atoms with van der Waals surface area (Å²) in [6.07, 6.45) is 2.41. The minimum Gasteiger partial charge on any atom is -0.349 e. The van der Waals surface area contributed by atoms with E-state index in [-0.39, 0.29) is 11.9 Å². The van der Waals surface area contributed by atoms with Gasteiger partial charge in [0.05, 0.1) is 11.8 Å². The van der Waals surface area contributed by atoms with Gasteiger partial charge in [-0.25, -0.2) is 0 Å². The third kappa shape index (κ3) is 4.24. The van der Waals surface area contributed by atoms with Gasteiger partial charge in [0, 0.05) is 12.5 Å². The number of thioether (sulfide) groups is 1. The van der Waals surface area contributed by atoms with Crippen LogP contribution in [0.1, 0.15) is 61.2 Å². The lowest BCUT2D eigenvalue weighted by Gasteiger charge is -2.15. The molecule has 2 aromatic rings. The number of rotatable bonds is 7. The van der Waals surface area contributed by atoms with Crippen LogP contribution >= 0.6 is 11.8 Å². The van der Waals surface area contributed by atoms with Crippen LogP contribution in [0.15, 0.2) is 23.4 Å². The molecule has 0 spiro atoms. The predicted molar refractivity (Wildman–Crippen MR) is 101 cm³/mol. The van der Waals surface area contributed by atoms with Gasteiger partial charge in [0.2, 0.25) is 5.91 Å². The number of hydrogen-bond donors (Lipinski definition) is 1. The van der Waals surface area contributed by atoms with Gasteiger partial charge >= 0.3 is 0 Å². The van der Waals surface area contributed by atoms with Crippen molar-refractivity contribution in [1.82, 2.24) is 20.1 Å². The molecule has 1 unspecified atom stereocenters. The summed E-state index contributed by atoms with van der Waals surface area (Å²) in [6, 6.07) is 6.32. The van der Waals surface area contributed by atoms with Crippen molar-refractivity contribution in [1.29, 1.82) is 0 Å². The zero-order valence-electron chi connectivity index (χ0n) is 15.4. The van der Waals surface area contributed by atoms with Gasteiger partial charge in [0.1, 0.15) is 5.82 Å². The fourth-order valence-corrected chi connectivity index (χ4v) is 3.70. The highest BCUT2D eigenvalue weighted by Gasteiger charge is 2.30. The van der Waals surface area contributed by atoms with Crippen molar-refractivity contribution in [3.8, 4) is 0 Å². The van der Waals surface area contributed by atoms with E-state index in [1.54, 1.807) is 0 Å². The van der Waals surface area contributed by atoms with Gasteiger partial charge in [-0.1, -0.05) is 30.0 Å². The molecule has 1 saturated carbocycles. The van der Waals surface area contributed by atoms with Crippen LogP contribution in [-0.2, 0) is 11.3 Å². The second kappa shape index (κ2) is 7.60. The first kappa shape index (κ1) is 18.0. The van der Waals surface area contributed by atoms with Gasteiger partial charge in [-0.05, 0) is 57.2 Å². The molecule has 1 aliphatic carbocycles. The first-order chi connectivity index (χ1) is 12.0. The highest BCUT2D eigenvalue weighted by molar-refractivity contribution is 7.99. The maximum absolute atomic E-state index is 12.3. The normalized spacial score (nSPS) is 15.2. The van der Waals surface area contributed by atoms with Crippen LogP contribution < -0.4 is 5.32 Å². The molecule has 1 aromatic carbocycles. The van der Waals surface area contributed by atoms with Crippen LogP contribution in [0.4, 0.5) is 0 Å². The highest BCUT2D eigenvalue weighted by Crippen LogP contribution is 2.39. The number of aromatic nitrogens is 3. The monoisotopic (exact) mass is 358 g/mol. The van der Waals surface area contributed by atoms with Crippen molar-refractivity contribution in [3.63, 3.8) is 0 Å². The number of nitrogens with one attached hydrogen (secondary N) is 1. The Kier molecular flexibility index (Phi) is 5.47. The third-order valence-corrected chi connectivity index (χ3v) is 5.71. The SMILES string of the molecule is CCn1c(SCC(=O)NC(C)c2ccc(C)c(C)c2)nnc1C1CC1. The summed E-state index contributed by atoms with van der Waals surface area (Å²) in [5.74, 6) is 2.03. The number of nitrogens with zero attached hydrogens (tertiary/aromatic N) is 3. The summed E-state index contributed by atoms with van der Waals surface area (Å²) < 4.78 is 2.14. The lowest BCUT2D eigenvalue weighted by Crippen LogP contribution is -2.28. The minimum absolute atomic E-state index is 0.00142. The van der Waals surface area contributed by atoms with Gasteiger partial charge in [-0.3, -0.25) is 4.79 Å². The lowest BCUT2D eigenvalue weighted by atomic mass is 10.0. The Morgan fingerprint density at radius 2 is 2.08 bits per heavy atom. The Morgan fingerprint density at radius 3 is 2.72 bits per heavy atom. The summed E-state index contributed by atoms with van der Waals surface area (Å²) in [5.41, 5.74) is 3.65. The van der Waals surface area contributed by atoms with Gasteiger partial charge in [-0.15, -0.1) is 10.2 Å². The Labute approximate surface area is 153 Å². The predicted octanol–water partition coefficient (Wildman–Crippen LogP) is 3.76. The number of benzene rings is 1. The largest absolute Gasteiger partial charge is 0.349 e. The first-order valence-corrected chi connectivity index (χ1v) is 9.90. The molecule has 1 amide bonds. The van der Waals surface area contributed by atoms with Crippen LogP contribution in [0.2, 0.25) is 0 Å². The van der Waals surface area contributed by atoms with E-state index in [0.29, 0.717) is 11.7 Å². The zero-order valence-corrected chi connectivity index (χ0v) is 16.2. The summed E-state index contributed by atoms with van der Waals surface area (Å²) >= 11 is 1.47. The molecule has 3 rings (SSSR count). The third-order valence-electron chi connectivity index (χ3n) is 4.75. The fourth-order valence-electron chi connectivity index (χ4n) is 2.88. The maximum atomic E-state index is 12.3. The number of carbonyl (C=O) groups is 1. The Bertz CT molecular complexity index is 767. The van der Waals surface area contributed by atoms with Crippen LogP contribution in [0.25, 0.3) is 0 Å². The van der Waals surface area contributed by atoms with E-state index in [1.807, 2.05) is 6.92 Å². The van der Waals surface area contributed by atoms with E-state index < -0.39 is 0 Å². The van der Waals surface area contributed by atoms with Crippen molar-refractivity contribution in [2.24, 2.45) is 0 Å². The molecule has 25 heavy (non-hydrogen) atoms. The molecule has 1 heterocycles. The smallest absolute Gasteiger partial charge is 0.230 e. The quantitative estimate of drug-likeness (QED) is 0.766. The molecule has 6 heteroatoms. The van der Waals surface area contributed by atoms with Gasteiger partial charge in [-0.2, -0.15) is 0 Å². The Morgan fingerprint density at radius 1 is 1.32 bits per heavy atom. The number of carbonyl (C=O) groups excluding carboxylic acids is 1. The summed E-state index contributed by atoms with van der Waals surface area (Å²) in [5, 5.41) is 12.5. The average Bonchev–Trinajstić information content (AvgIpc) is 3.35. The van der Waals surface area contributed by atoms with Crippen molar-refractivity contribution < 1.29 is 4.79 Å². The first-order valence-electron chi connectivity index (χ1n) is 8.92. The maximum Gasteiger partial charge on any atom is 0.230 e. The van der Waals surface area contributed by atoms with Gasteiger partial charge in [0.15, 0.2) is 5.16 Å². The standard InChI is InChI=1S/C19H26N4OS/c1-5-23-18(15-8-9-15)21-22-19(23)25-11-17(24)20-14(4)16-7-6-12(2)13(3)10-16/h6-7,10,14-15H,5,8-9,11H2,1-4H3,(H,20,24). The second-order valence-electron chi connectivity index (χ2n) is 6.78. The minimum atomic E-state index is -0.00142.